The van der Waals surface area contributed by atoms with Crippen LogP contribution < -0.4 is 5.32 Å². The highest BCUT2D eigenvalue weighted by molar-refractivity contribution is 7.18. The van der Waals surface area contributed by atoms with E-state index in [4.69, 9.17) is 9.40 Å². The normalized spacial score (nSPS) is 15.1. The molecule has 152 valence electrons. The Labute approximate surface area is 174 Å². The topological polar surface area (TPSA) is 74.0 Å². The Kier molecular flexibility index (Phi) is 6.09. The first kappa shape index (κ1) is 19.4. The molecule has 0 radical (unpaired) electrons. The average Bonchev–Trinajstić information content (AvgIpc) is 3.43. The third-order valence-electron chi connectivity index (χ3n) is 5.00. The van der Waals surface area contributed by atoms with Crippen molar-refractivity contribution in [3.8, 4) is 0 Å². The van der Waals surface area contributed by atoms with E-state index >= 15 is 0 Å². The van der Waals surface area contributed by atoms with Crippen LogP contribution >= 0.6 is 11.3 Å². The highest BCUT2D eigenvalue weighted by Crippen LogP contribution is 2.22. The third kappa shape index (κ3) is 4.59. The van der Waals surface area contributed by atoms with Crippen molar-refractivity contribution in [1.82, 2.24) is 20.1 Å². The number of fused-ring (bicyclic) bond motifs is 1. The maximum Gasteiger partial charge on any atom is 0.289 e. The molecule has 0 unspecified atom stereocenters. The molecule has 1 aromatic carbocycles. The van der Waals surface area contributed by atoms with Crippen LogP contribution in [-0.4, -0.2) is 66.4 Å². The standard InChI is InChI=1S/C21H25N5O2S/c1-22-21(23-10-4-9-19-24-16-6-2-3-8-18(16)29-19)26-13-11-25(12-14-26)20(27)17-7-5-15-28-17/h2-3,5-8,15H,4,9-14H2,1H3,(H,22,23). The van der Waals surface area contributed by atoms with Crippen LogP contribution in [0.15, 0.2) is 52.1 Å². The molecule has 1 fully saturated rings. The number of carbonyl (C=O) groups is 1. The van der Waals surface area contributed by atoms with Crippen LogP contribution in [-0.2, 0) is 6.42 Å². The number of furan rings is 1. The first-order chi connectivity index (χ1) is 14.2. The van der Waals surface area contributed by atoms with E-state index in [0.29, 0.717) is 18.8 Å². The molecule has 3 heterocycles. The molecule has 1 aliphatic heterocycles. The highest BCUT2D eigenvalue weighted by Gasteiger charge is 2.25. The van der Waals surface area contributed by atoms with Crippen molar-refractivity contribution in [3.63, 3.8) is 0 Å². The zero-order valence-electron chi connectivity index (χ0n) is 16.5. The number of guanidine groups is 1. The lowest BCUT2D eigenvalue weighted by atomic mass is 10.3. The first-order valence-corrected chi connectivity index (χ1v) is 10.7. The Bertz CT molecular complexity index is 941. The summed E-state index contributed by atoms with van der Waals surface area (Å²) in [6, 6.07) is 11.7. The third-order valence-corrected chi connectivity index (χ3v) is 6.10. The van der Waals surface area contributed by atoms with Gasteiger partial charge in [-0.15, -0.1) is 11.3 Å². The van der Waals surface area contributed by atoms with Gasteiger partial charge in [-0.1, -0.05) is 12.1 Å². The van der Waals surface area contributed by atoms with E-state index in [1.54, 1.807) is 30.5 Å². The number of aromatic nitrogens is 1. The molecule has 2 aromatic heterocycles. The molecular formula is C21H25N5O2S. The highest BCUT2D eigenvalue weighted by atomic mass is 32.1. The van der Waals surface area contributed by atoms with Gasteiger partial charge >= 0.3 is 0 Å². The van der Waals surface area contributed by atoms with Gasteiger partial charge in [0, 0.05) is 46.2 Å². The summed E-state index contributed by atoms with van der Waals surface area (Å²) >= 11 is 1.77. The van der Waals surface area contributed by atoms with Crippen molar-refractivity contribution < 1.29 is 9.21 Å². The second-order valence-electron chi connectivity index (χ2n) is 6.91. The number of carbonyl (C=O) groups excluding carboxylic acids is 1. The number of nitrogens with zero attached hydrogens (tertiary/aromatic N) is 4. The number of thiazole rings is 1. The second kappa shape index (κ2) is 9.09. The molecule has 1 aliphatic rings. The van der Waals surface area contributed by atoms with Gasteiger partial charge in [0.1, 0.15) is 0 Å². The molecular weight excluding hydrogens is 386 g/mol. The Morgan fingerprint density at radius 3 is 2.69 bits per heavy atom. The number of hydrogen-bond acceptors (Lipinski definition) is 5. The maximum atomic E-state index is 12.4. The van der Waals surface area contributed by atoms with Gasteiger partial charge < -0.3 is 19.5 Å². The molecule has 1 amide bonds. The number of aryl methyl sites for hydroxylation is 1. The average molecular weight is 412 g/mol. The number of piperazine rings is 1. The number of hydrogen-bond donors (Lipinski definition) is 1. The molecule has 7 nitrogen and oxygen atoms in total. The van der Waals surface area contributed by atoms with E-state index in [-0.39, 0.29) is 5.91 Å². The van der Waals surface area contributed by atoms with E-state index in [9.17, 15) is 4.79 Å². The summed E-state index contributed by atoms with van der Waals surface area (Å²) in [7, 11) is 1.80. The van der Waals surface area contributed by atoms with Gasteiger partial charge in [0.2, 0.25) is 0 Å². The number of aliphatic imine (C=N–C) groups is 1. The predicted molar refractivity (Wildman–Crippen MR) is 115 cm³/mol. The minimum Gasteiger partial charge on any atom is -0.459 e. The molecule has 3 aromatic rings. The fraction of sp³-hybridized carbons (Fsp3) is 0.381. The lowest BCUT2D eigenvalue weighted by molar-refractivity contribution is 0.0658. The zero-order valence-corrected chi connectivity index (χ0v) is 17.3. The van der Waals surface area contributed by atoms with Crippen LogP contribution in [0.5, 0.6) is 0 Å². The van der Waals surface area contributed by atoms with Crippen molar-refractivity contribution in [2.24, 2.45) is 4.99 Å². The van der Waals surface area contributed by atoms with Crippen molar-refractivity contribution in [3.05, 3.63) is 53.4 Å². The fourth-order valence-electron chi connectivity index (χ4n) is 3.48. The van der Waals surface area contributed by atoms with Gasteiger partial charge in [-0.2, -0.15) is 0 Å². The SMILES string of the molecule is CN=C(NCCCc1nc2ccccc2s1)N1CCN(C(=O)c2ccco2)CC1. The van der Waals surface area contributed by atoms with Gasteiger partial charge in [-0.3, -0.25) is 9.79 Å². The molecule has 29 heavy (non-hydrogen) atoms. The van der Waals surface area contributed by atoms with E-state index in [1.165, 1.54) is 16.0 Å². The van der Waals surface area contributed by atoms with Gasteiger partial charge in [0.05, 0.1) is 21.5 Å². The largest absolute Gasteiger partial charge is 0.459 e. The summed E-state index contributed by atoms with van der Waals surface area (Å²) in [5.41, 5.74) is 1.08. The number of benzene rings is 1. The lowest BCUT2D eigenvalue weighted by Gasteiger charge is -2.36. The molecule has 0 saturated carbocycles. The minimum absolute atomic E-state index is 0.0477. The molecule has 1 saturated heterocycles. The van der Waals surface area contributed by atoms with Crippen LogP contribution in [0.4, 0.5) is 0 Å². The molecule has 0 bridgehead atoms. The molecule has 0 aliphatic carbocycles. The van der Waals surface area contributed by atoms with Crippen LogP contribution in [0.2, 0.25) is 0 Å². The maximum absolute atomic E-state index is 12.4. The molecule has 4 rings (SSSR count). The number of rotatable bonds is 5. The van der Waals surface area contributed by atoms with E-state index in [2.05, 4.69) is 33.4 Å². The van der Waals surface area contributed by atoms with Crippen molar-refractivity contribution in [2.45, 2.75) is 12.8 Å². The first-order valence-electron chi connectivity index (χ1n) is 9.87. The molecule has 1 N–H and O–H groups in total. The summed E-state index contributed by atoms with van der Waals surface area (Å²) < 4.78 is 6.46. The summed E-state index contributed by atoms with van der Waals surface area (Å²) in [6.07, 6.45) is 3.48. The predicted octanol–water partition coefficient (Wildman–Crippen LogP) is 2.86. The van der Waals surface area contributed by atoms with Gasteiger partial charge in [-0.05, 0) is 30.7 Å². The Morgan fingerprint density at radius 2 is 1.97 bits per heavy atom. The van der Waals surface area contributed by atoms with Gasteiger partial charge in [0.25, 0.3) is 5.91 Å². The van der Waals surface area contributed by atoms with E-state index < -0.39 is 0 Å². The van der Waals surface area contributed by atoms with Crippen LogP contribution in [0.1, 0.15) is 22.0 Å². The Morgan fingerprint density at radius 1 is 1.17 bits per heavy atom. The van der Waals surface area contributed by atoms with E-state index in [0.717, 1.165) is 44.0 Å². The Balaban J connectivity index is 1.22. The number of amides is 1. The van der Waals surface area contributed by atoms with Gasteiger partial charge in [0.15, 0.2) is 11.7 Å². The smallest absolute Gasteiger partial charge is 0.289 e. The molecule has 8 heteroatoms. The molecule has 0 atom stereocenters. The summed E-state index contributed by atoms with van der Waals surface area (Å²) in [5, 5.41) is 4.62. The summed E-state index contributed by atoms with van der Waals surface area (Å²) in [5.74, 6) is 1.24. The molecule has 0 spiro atoms. The van der Waals surface area contributed by atoms with Crippen LogP contribution in [0.3, 0.4) is 0 Å². The zero-order chi connectivity index (χ0) is 20.1. The fourth-order valence-corrected chi connectivity index (χ4v) is 4.49. The summed E-state index contributed by atoms with van der Waals surface area (Å²) in [6.45, 7) is 3.67. The van der Waals surface area contributed by atoms with Gasteiger partial charge in [-0.25, -0.2) is 4.98 Å². The second-order valence-corrected chi connectivity index (χ2v) is 8.02. The quantitative estimate of drug-likeness (QED) is 0.397. The number of para-hydroxylation sites is 1. The van der Waals surface area contributed by atoms with Crippen LogP contribution in [0, 0.1) is 0 Å². The van der Waals surface area contributed by atoms with Crippen LogP contribution in [0.25, 0.3) is 10.2 Å². The number of nitrogens with one attached hydrogen (secondary N) is 1. The van der Waals surface area contributed by atoms with Crippen molar-refractivity contribution in [2.75, 3.05) is 39.8 Å². The lowest BCUT2D eigenvalue weighted by Crippen LogP contribution is -2.53. The Hall–Kier alpha value is -2.87. The monoisotopic (exact) mass is 411 g/mol. The van der Waals surface area contributed by atoms with Crippen molar-refractivity contribution >= 4 is 33.4 Å². The summed E-state index contributed by atoms with van der Waals surface area (Å²) in [4.78, 5) is 25.5. The van der Waals surface area contributed by atoms with Crippen molar-refractivity contribution in [1.29, 1.82) is 0 Å². The van der Waals surface area contributed by atoms with E-state index in [1.807, 2.05) is 11.0 Å². The minimum atomic E-state index is -0.0477.